The van der Waals surface area contributed by atoms with Crippen LogP contribution in [0.25, 0.3) is 10.6 Å². The first-order valence-electron chi connectivity index (χ1n) is 6.73. The Hall–Kier alpha value is -1.14. The zero-order valence-corrected chi connectivity index (χ0v) is 13.3. The Morgan fingerprint density at radius 2 is 2.10 bits per heavy atom. The van der Waals surface area contributed by atoms with Crippen molar-refractivity contribution in [3.05, 3.63) is 27.7 Å². The van der Waals surface area contributed by atoms with Crippen LogP contribution in [0.2, 0.25) is 0 Å². The number of carboxylic acid groups (broad SMARTS) is 1. The van der Waals surface area contributed by atoms with Crippen LogP contribution in [0.5, 0.6) is 0 Å². The molecule has 0 saturated heterocycles. The molecule has 1 saturated carbocycles. The Bertz CT molecular complexity index is 629. The highest BCUT2D eigenvalue weighted by Gasteiger charge is 2.23. The zero-order chi connectivity index (χ0) is 14.1. The fourth-order valence-corrected chi connectivity index (χ4v) is 4.09. The van der Waals surface area contributed by atoms with E-state index in [4.69, 9.17) is 0 Å². The Morgan fingerprint density at radius 1 is 1.35 bits per heavy atom. The lowest BCUT2D eigenvalue weighted by atomic mass is 9.96. The van der Waals surface area contributed by atoms with Gasteiger partial charge in [0.2, 0.25) is 0 Å². The van der Waals surface area contributed by atoms with E-state index in [2.05, 4.69) is 21.0 Å². The normalized spacial score (nSPS) is 16.4. The second-order valence-corrected chi connectivity index (χ2v) is 7.54. The van der Waals surface area contributed by atoms with Gasteiger partial charge in [-0.15, -0.1) is 11.3 Å². The molecule has 6 heteroatoms. The maximum Gasteiger partial charge on any atom is 0.339 e. The van der Waals surface area contributed by atoms with E-state index in [1.54, 1.807) is 6.20 Å². The molecule has 2 heterocycles. The maximum absolute atomic E-state index is 11.4. The summed E-state index contributed by atoms with van der Waals surface area (Å²) < 4.78 is 2.85. The largest absolute Gasteiger partial charge is 0.478 e. The van der Waals surface area contributed by atoms with E-state index in [-0.39, 0.29) is 0 Å². The zero-order valence-electron chi connectivity index (χ0n) is 10.9. The van der Waals surface area contributed by atoms with Gasteiger partial charge in [-0.25, -0.2) is 4.79 Å². The van der Waals surface area contributed by atoms with Crippen LogP contribution in [0.4, 0.5) is 0 Å². The third-order valence-corrected chi connectivity index (χ3v) is 5.35. The lowest BCUT2D eigenvalue weighted by Crippen LogP contribution is -2.13. The minimum absolute atomic E-state index is 0.296. The minimum Gasteiger partial charge on any atom is -0.478 e. The highest BCUT2D eigenvalue weighted by atomic mass is 79.9. The number of thiophene rings is 1. The molecule has 3 rings (SSSR count). The van der Waals surface area contributed by atoms with Gasteiger partial charge in [0.1, 0.15) is 11.3 Å². The van der Waals surface area contributed by atoms with E-state index in [0.717, 1.165) is 21.5 Å². The molecule has 1 aliphatic rings. The summed E-state index contributed by atoms with van der Waals surface area (Å²) in [6.07, 6.45) is 7.55. The van der Waals surface area contributed by atoms with Crippen molar-refractivity contribution in [2.45, 2.75) is 38.1 Å². The predicted molar refractivity (Wildman–Crippen MR) is 82.3 cm³/mol. The van der Waals surface area contributed by atoms with Gasteiger partial charge < -0.3 is 5.11 Å². The quantitative estimate of drug-likeness (QED) is 0.877. The van der Waals surface area contributed by atoms with Crippen LogP contribution in [-0.2, 0) is 0 Å². The molecule has 106 valence electrons. The molecular formula is C14H15BrN2O2S. The van der Waals surface area contributed by atoms with Crippen LogP contribution in [0.1, 0.15) is 48.5 Å². The molecule has 0 spiro atoms. The summed E-state index contributed by atoms with van der Waals surface area (Å²) in [5, 5.41) is 13.9. The topological polar surface area (TPSA) is 55.1 Å². The minimum atomic E-state index is -0.911. The van der Waals surface area contributed by atoms with E-state index >= 15 is 0 Å². The SMILES string of the molecule is O=C(O)c1cn(C2CCCCC2)nc1-c1ccc(Br)s1. The lowest BCUT2D eigenvalue weighted by molar-refractivity contribution is 0.0697. The number of carbonyl (C=O) groups is 1. The molecule has 0 radical (unpaired) electrons. The number of hydrogen-bond acceptors (Lipinski definition) is 3. The average Bonchev–Trinajstić information content (AvgIpc) is 3.05. The van der Waals surface area contributed by atoms with Crippen LogP contribution < -0.4 is 0 Å². The summed E-state index contributed by atoms with van der Waals surface area (Å²) in [4.78, 5) is 12.3. The first kappa shape index (κ1) is 13.8. The number of hydrogen-bond donors (Lipinski definition) is 1. The van der Waals surface area contributed by atoms with E-state index < -0.39 is 5.97 Å². The summed E-state index contributed by atoms with van der Waals surface area (Å²) in [6.45, 7) is 0. The highest BCUT2D eigenvalue weighted by Crippen LogP contribution is 2.34. The Kier molecular flexibility index (Phi) is 3.94. The molecule has 0 aliphatic heterocycles. The van der Waals surface area contributed by atoms with Crippen molar-refractivity contribution in [3.63, 3.8) is 0 Å². The van der Waals surface area contributed by atoms with Crippen LogP contribution in [0, 0.1) is 0 Å². The van der Waals surface area contributed by atoms with Crippen molar-refractivity contribution < 1.29 is 9.90 Å². The van der Waals surface area contributed by atoms with Gasteiger partial charge in [0.05, 0.1) is 14.7 Å². The summed E-state index contributed by atoms with van der Waals surface area (Å²) in [6, 6.07) is 4.18. The van der Waals surface area contributed by atoms with E-state index in [9.17, 15) is 9.90 Å². The van der Waals surface area contributed by atoms with Gasteiger partial charge in [-0.2, -0.15) is 5.10 Å². The first-order chi connectivity index (χ1) is 9.65. The molecule has 0 bridgehead atoms. The van der Waals surface area contributed by atoms with Crippen molar-refractivity contribution in [1.29, 1.82) is 0 Å². The molecule has 1 fully saturated rings. The van der Waals surface area contributed by atoms with Gasteiger partial charge in [0, 0.05) is 6.20 Å². The standard InChI is InChI=1S/C14H15BrN2O2S/c15-12-7-6-11(20-12)13-10(14(18)19)8-17(16-13)9-4-2-1-3-5-9/h6-9H,1-5H2,(H,18,19). The Balaban J connectivity index is 2.00. The summed E-state index contributed by atoms with van der Waals surface area (Å²) in [5.74, 6) is -0.911. The monoisotopic (exact) mass is 354 g/mol. The van der Waals surface area contributed by atoms with Crippen LogP contribution in [0.3, 0.4) is 0 Å². The molecule has 20 heavy (non-hydrogen) atoms. The molecular weight excluding hydrogens is 340 g/mol. The van der Waals surface area contributed by atoms with Crippen molar-refractivity contribution in [2.75, 3.05) is 0 Å². The molecule has 0 amide bonds. The van der Waals surface area contributed by atoms with E-state index in [1.165, 1.54) is 30.6 Å². The van der Waals surface area contributed by atoms with Gasteiger partial charge >= 0.3 is 5.97 Å². The van der Waals surface area contributed by atoms with E-state index in [1.807, 2.05) is 16.8 Å². The second-order valence-electron chi connectivity index (χ2n) is 5.07. The maximum atomic E-state index is 11.4. The number of rotatable bonds is 3. The smallest absolute Gasteiger partial charge is 0.339 e. The van der Waals surface area contributed by atoms with Gasteiger partial charge in [0.25, 0.3) is 0 Å². The Morgan fingerprint density at radius 3 is 2.70 bits per heavy atom. The van der Waals surface area contributed by atoms with Crippen LogP contribution in [-0.4, -0.2) is 20.9 Å². The van der Waals surface area contributed by atoms with Crippen molar-refractivity contribution >= 4 is 33.2 Å². The molecule has 0 atom stereocenters. The molecule has 4 nitrogen and oxygen atoms in total. The molecule has 0 aromatic carbocycles. The fraction of sp³-hybridized carbons (Fsp3) is 0.429. The van der Waals surface area contributed by atoms with Crippen molar-refractivity contribution in [2.24, 2.45) is 0 Å². The summed E-state index contributed by atoms with van der Waals surface area (Å²) in [5.41, 5.74) is 0.878. The molecule has 1 aliphatic carbocycles. The number of halogens is 1. The van der Waals surface area contributed by atoms with Gasteiger partial charge in [-0.3, -0.25) is 4.68 Å². The highest BCUT2D eigenvalue weighted by molar-refractivity contribution is 9.11. The van der Waals surface area contributed by atoms with Crippen LogP contribution >= 0.6 is 27.3 Å². The fourth-order valence-electron chi connectivity index (χ4n) is 2.70. The van der Waals surface area contributed by atoms with Crippen molar-refractivity contribution in [1.82, 2.24) is 9.78 Å². The molecule has 1 N–H and O–H groups in total. The number of aromatic carboxylic acids is 1. The van der Waals surface area contributed by atoms with Crippen molar-refractivity contribution in [3.8, 4) is 10.6 Å². The number of aromatic nitrogens is 2. The molecule has 0 unspecified atom stereocenters. The molecule has 2 aromatic rings. The van der Waals surface area contributed by atoms with E-state index in [0.29, 0.717) is 17.3 Å². The first-order valence-corrected chi connectivity index (χ1v) is 8.34. The third kappa shape index (κ3) is 2.67. The second kappa shape index (κ2) is 5.69. The predicted octanol–water partition coefficient (Wildman–Crippen LogP) is 4.58. The summed E-state index contributed by atoms with van der Waals surface area (Å²) in [7, 11) is 0. The van der Waals surface area contributed by atoms with Gasteiger partial charge in [-0.05, 0) is 40.9 Å². The Labute approximate surface area is 129 Å². The summed E-state index contributed by atoms with van der Waals surface area (Å²) >= 11 is 4.92. The number of carboxylic acids is 1. The van der Waals surface area contributed by atoms with Gasteiger partial charge in [-0.1, -0.05) is 19.3 Å². The number of nitrogens with zero attached hydrogens (tertiary/aromatic N) is 2. The third-order valence-electron chi connectivity index (χ3n) is 3.72. The van der Waals surface area contributed by atoms with Crippen LogP contribution in [0.15, 0.2) is 22.1 Å². The average molecular weight is 355 g/mol. The molecule has 2 aromatic heterocycles. The lowest BCUT2D eigenvalue weighted by Gasteiger charge is -2.21. The van der Waals surface area contributed by atoms with Gasteiger partial charge in [0.15, 0.2) is 0 Å².